The lowest BCUT2D eigenvalue weighted by atomic mass is 10.0. The summed E-state index contributed by atoms with van der Waals surface area (Å²) in [5.74, 6) is 1.47. The fraction of sp³-hybridized carbons (Fsp3) is 0.238. The Kier molecular flexibility index (Phi) is 5.07. The molecule has 6 nitrogen and oxygen atoms in total. The van der Waals surface area contributed by atoms with Crippen LogP contribution in [0.15, 0.2) is 47.3 Å². The van der Waals surface area contributed by atoms with E-state index >= 15 is 0 Å². The molecule has 4 rings (SSSR count). The number of H-pyrrole nitrogens is 1. The summed E-state index contributed by atoms with van der Waals surface area (Å²) >= 11 is 5.93. The molecule has 0 bridgehead atoms. The molecular formula is C21H20ClN3O3. The van der Waals surface area contributed by atoms with Crippen molar-refractivity contribution in [2.45, 2.75) is 19.5 Å². The highest BCUT2D eigenvalue weighted by atomic mass is 35.5. The van der Waals surface area contributed by atoms with Gasteiger partial charge in [-0.2, -0.15) is 0 Å². The van der Waals surface area contributed by atoms with Gasteiger partial charge in [0, 0.05) is 42.2 Å². The van der Waals surface area contributed by atoms with E-state index in [9.17, 15) is 9.90 Å². The minimum Gasteiger partial charge on any atom is -0.508 e. The summed E-state index contributed by atoms with van der Waals surface area (Å²) in [6.07, 6.45) is 0.671. The Bertz CT molecular complexity index is 1060. The number of phenols is 1. The van der Waals surface area contributed by atoms with Crippen molar-refractivity contribution in [2.24, 2.45) is 0 Å². The number of nitrogens with one attached hydrogen (secondary N) is 1. The van der Waals surface area contributed by atoms with Gasteiger partial charge in [-0.15, -0.1) is 0 Å². The van der Waals surface area contributed by atoms with Gasteiger partial charge in [-0.3, -0.25) is 9.69 Å². The van der Waals surface area contributed by atoms with E-state index in [-0.39, 0.29) is 11.3 Å². The van der Waals surface area contributed by atoms with Gasteiger partial charge in [0.2, 0.25) is 0 Å². The molecule has 3 aromatic rings. The summed E-state index contributed by atoms with van der Waals surface area (Å²) in [7, 11) is 1.59. The number of methoxy groups -OCH3 is 1. The number of hydrogen-bond donors (Lipinski definition) is 2. The van der Waals surface area contributed by atoms with Gasteiger partial charge in [0.25, 0.3) is 5.56 Å². The average molecular weight is 398 g/mol. The third-order valence-corrected chi connectivity index (χ3v) is 5.20. The lowest BCUT2D eigenvalue weighted by molar-refractivity contribution is 0.238. The van der Waals surface area contributed by atoms with E-state index in [0.29, 0.717) is 41.7 Å². The number of benzene rings is 2. The van der Waals surface area contributed by atoms with Crippen molar-refractivity contribution >= 4 is 11.6 Å². The van der Waals surface area contributed by atoms with Crippen molar-refractivity contribution in [1.29, 1.82) is 0 Å². The monoisotopic (exact) mass is 397 g/mol. The SMILES string of the molecule is COc1ccc(O)c(CN2CCc3nc(-c4ccc(Cl)cc4)[nH]c(=O)c3C2)c1. The van der Waals surface area contributed by atoms with Gasteiger partial charge in [-0.1, -0.05) is 11.6 Å². The molecular weight excluding hydrogens is 378 g/mol. The third-order valence-electron chi connectivity index (χ3n) is 4.95. The van der Waals surface area contributed by atoms with Crippen LogP contribution in [0, 0.1) is 0 Å². The summed E-state index contributed by atoms with van der Waals surface area (Å²) in [5, 5.41) is 10.8. The molecule has 1 aliphatic rings. The molecule has 2 N–H and O–H groups in total. The second-order valence-electron chi connectivity index (χ2n) is 6.80. The van der Waals surface area contributed by atoms with Crippen molar-refractivity contribution < 1.29 is 9.84 Å². The van der Waals surface area contributed by atoms with Gasteiger partial charge in [-0.05, 0) is 42.5 Å². The summed E-state index contributed by atoms with van der Waals surface area (Å²) in [5.41, 5.74) is 2.96. The number of aromatic hydroxyl groups is 1. The number of nitrogens with zero attached hydrogens (tertiary/aromatic N) is 2. The van der Waals surface area contributed by atoms with Crippen LogP contribution in [0.1, 0.15) is 16.8 Å². The first-order valence-electron chi connectivity index (χ1n) is 9.00. The molecule has 28 heavy (non-hydrogen) atoms. The molecule has 0 spiro atoms. The molecule has 0 saturated heterocycles. The fourth-order valence-corrected chi connectivity index (χ4v) is 3.54. The standard InChI is InChI=1S/C21H20ClN3O3/c1-28-16-6-7-19(26)14(10-16)11-25-9-8-18-17(12-25)21(27)24-20(23-18)13-2-4-15(22)5-3-13/h2-7,10,26H,8-9,11-12H2,1H3,(H,23,24,27). The lowest BCUT2D eigenvalue weighted by Gasteiger charge is -2.28. The van der Waals surface area contributed by atoms with E-state index in [0.717, 1.165) is 23.4 Å². The van der Waals surface area contributed by atoms with E-state index < -0.39 is 0 Å². The van der Waals surface area contributed by atoms with Crippen molar-refractivity contribution in [3.05, 3.63) is 74.7 Å². The van der Waals surface area contributed by atoms with E-state index in [1.54, 1.807) is 31.4 Å². The van der Waals surface area contributed by atoms with E-state index in [1.807, 2.05) is 18.2 Å². The Morgan fingerprint density at radius 3 is 2.79 bits per heavy atom. The molecule has 0 saturated carbocycles. The van der Waals surface area contributed by atoms with Crippen molar-refractivity contribution in [3.8, 4) is 22.9 Å². The molecule has 144 valence electrons. The van der Waals surface area contributed by atoms with E-state index in [2.05, 4.69) is 14.9 Å². The zero-order chi connectivity index (χ0) is 19.7. The van der Waals surface area contributed by atoms with E-state index in [1.165, 1.54) is 0 Å². The quantitative estimate of drug-likeness (QED) is 0.705. The highest BCUT2D eigenvalue weighted by Crippen LogP contribution is 2.26. The molecule has 1 aliphatic heterocycles. The number of halogens is 1. The molecule has 0 amide bonds. The maximum atomic E-state index is 12.7. The predicted molar refractivity (Wildman–Crippen MR) is 108 cm³/mol. The number of phenolic OH excluding ortho intramolecular Hbond substituents is 1. The van der Waals surface area contributed by atoms with Crippen LogP contribution >= 0.6 is 11.6 Å². The number of aromatic amines is 1. The van der Waals surface area contributed by atoms with Gasteiger partial charge < -0.3 is 14.8 Å². The smallest absolute Gasteiger partial charge is 0.255 e. The molecule has 2 aromatic carbocycles. The second kappa shape index (κ2) is 7.66. The van der Waals surface area contributed by atoms with Gasteiger partial charge >= 0.3 is 0 Å². The van der Waals surface area contributed by atoms with Crippen LogP contribution in [-0.4, -0.2) is 33.6 Å². The third kappa shape index (κ3) is 3.74. The molecule has 7 heteroatoms. The molecule has 0 atom stereocenters. The van der Waals surface area contributed by atoms with Crippen LogP contribution in [0.3, 0.4) is 0 Å². The van der Waals surface area contributed by atoms with Crippen LogP contribution in [0.2, 0.25) is 5.02 Å². The van der Waals surface area contributed by atoms with Crippen LogP contribution in [0.4, 0.5) is 0 Å². The Balaban J connectivity index is 1.58. The number of fused-ring (bicyclic) bond motifs is 1. The highest BCUT2D eigenvalue weighted by molar-refractivity contribution is 6.30. The molecule has 0 unspecified atom stereocenters. The number of ether oxygens (including phenoxy) is 1. The van der Waals surface area contributed by atoms with Crippen LogP contribution in [0.5, 0.6) is 11.5 Å². The maximum Gasteiger partial charge on any atom is 0.255 e. The maximum absolute atomic E-state index is 12.7. The van der Waals surface area contributed by atoms with E-state index in [4.69, 9.17) is 16.3 Å². The average Bonchev–Trinajstić information content (AvgIpc) is 2.70. The van der Waals surface area contributed by atoms with Crippen LogP contribution < -0.4 is 10.3 Å². The summed E-state index contributed by atoms with van der Waals surface area (Å²) < 4.78 is 5.23. The van der Waals surface area contributed by atoms with Crippen molar-refractivity contribution in [2.75, 3.05) is 13.7 Å². The van der Waals surface area contributed by atoms with Crippen molar-refractivity contribution in [3.63, 3.8) is 0 Å². The Morgan fingerprint density at radius 2 is 2.04 bits per heavy atom. The number of hydrogen-bond acceptors (Lipinski definition) is 5. The number of aromatic nitrogens is 2. The Morgan fingerprint density at radius 1 is 1.25 bits per heavy atom. The first-order chi connectivity index (χ1) is 13.5. The lowest BCUT2D eigenvalue weighted by Crippen LogP contribution is -2.35. The molecule has 0 fully saturated rings. The van der Waals surface area contributed by atoms with Crippen LogP contribution in [-0.2, 0) is 19.5 Å². The molecule has 0 aliphatic carbocycles. The van der Waals surface area contributed by atoms with Gasteiger partial charge in [0.05, 0.1) is 18.4 Å². The Labute approximate surface area is 167 Å². The molecule has 1 aromatic heterocycles. The Hall–Kier alpha value is -2.83. The first kappa shape index (κ1) is 18.5. The normalized spacial score (nSPS) is 13.9. The van der Waals surface area contributed by atoms with Gasteiger partial charge in [-0.25, -0.2) is 4.98 Å². The number of rotatable bonds is 4. The minimum atomic E-state index is -0.130. The molecule has 0 radical (unpaired) electrons. The van der Waals surface area contributed by atoms with Crippen molar-refractivity contribution in [1.82, 2.24) is 14.9 Å². The highest BCUT2D eigenvalue weighted by Gasteiger charge is 2.22. The minimum absolute atomic E-state index is 0.130. The summed E-state index contributed by atoms with van der Waals surface area (Å²) in [6.45, 7) is 1.76. The largest absolute Gasteiger partial charge is 0.508 e. The van der Waals surface area contributed by atoms with Gasteiger partial charge in [0.15, 0.2) is 0 Å². The summed E-state index contributed by atoms with van der Waals surface area (Å²) in [4.78, 5) is 22.3. The van der Waals surface area contributed by atoms with Gasteiger partial charge in [0.1, 0.15) is 17.3 Å². The zero-order valence-corrected chi connectivity index (χ0v) is 16.2. The first-order valence-corrected chi connectivity index (χ1v) is 9.37. The predicted octanol–water partition coefficient (Wildman–Crippen LogP) is 3.36. The molecule has 2 heterocycles. The zero-order valence-electron chi connectivity index (χ0n) is 15.4. The summed E-state index contributed by atoms with van der Waals surface area (Å²) in [6, 6.07) is 12.4. The second-order valence-corrected chi connectivity index (χ2v) is 7.24. The fourth-order valence-electron chi connectivity index (χ4n) is 3.42. The topological polar surface area (TPSA) is 78.5 Å². The van der Waals surface area contributed by atoms with Crippen LogP contribution in [0.25, 0.3) is 11.4 Å².